The van der Waals surface area contributed by atoms with E-state index in [1.165, 1.54) is 22.5 Å². The van der Waals surface area contributed by atoms with Crippen LogP contribution in [0.15, 0.2) is 28.7 Å². The smallest absolute Gasteiger partial charge is 0.285 e. The van der Waals surface area contributed by atoms with E-state index < -0.39 is 17.4 Å². The molecule has 1 fully saturated rings. The van der Waals surface area contributed by atoms with Gasteiger partial charge in [0.05, 0.1) is 0 Å². The molecule has 1 aromatic carbocycles. The normalized spacial score (nSPS) is 16.9. The van der Waals surface area contributed by atoms with Crippen molar-refractivity contribution in [1.82, 2.24) is 20.6 Å². The Morgan fingerprint density at radius 2 is 1.90 bits per heavy atom. The van der Waals surface area contributed by atoms with Crippen LogP contribution in [-0.4, -0.2) is 55.9 Å². The molecule has 1 atom stereocenters. The van der Waals surface area contributed by atoms with Crippen LogP contribution in [0.25, 0.3) is 11.5 Å². The predicted molar refractivity (Wildman–Crippen MR) is 107 cm³/mol. The molecular formula is C21H27FN4O5. The van der Waals surface area contributed by atoms with Crippen LogP contribution in [0.3, 0.4) is 0 Å². The van der Waals surface area contributed by atoms with Crippen molar-refractivity contribution in [2.24, 2.45) is 5.92 Å². The Morgan fingerprint density at radius 3 is 2.48 bits per heavy atom. The van der Waals surface area contributed by atoms with E-state index in [-0.39, 0.29) is 30.0 Å². The molecule has 3 rings (SSSR count). The summed E-state index contributed by atoms with van der Waals surface area (Å²) in [4.78, 5) is 26.4. The van der Waals surface area contributed by atoms with E-state index in [1.54, 1.807) is 12.1 Å². The summed E-state index contributed by atoms with van der Waals surface area (Å²) in [7, 11) is 0. The number of hydrogen-bond donors (Lipinski definition) is 3. The van der Waals surface area contributed by atoms with Crippen LogP contribution in [0.4, 0.5) is 4.39 Å². The fourth-order valence-electron chi connectivity index (χ4n) is 3.61. The molecule has 1 unspecified atom stereocenters. The fourth-order valence-corrected chi connectivity index (χ4v) is 3.61. The number of hydroxylamine groups is 1. The highest BCUT2D eigenvalue weighted by Crippen LogP contribution is 2.31. The third kappa shape index (κ3) is 5.08. The summed E-state index contributed by atoms with van der Waals surface area (Å²) in [5.41, 5.74) is -0.292. The number of likely N-dealkylation sites (tertiary alicyclic amines) is 1. The van der Waals surface area contributed by atoms with Crippen LogP contribution in [0.5, 0.6) is 0 Å². The monoisotopic (exact) mass is 434 g/mol. The van der Waals surface area contributed by atoms with Gasteiger partial charge in [-0.3, -0.25) is 14.8 Å². The molecule has 2 heterocycles. The lowest BCUT2D eigenvalue weighted by molar-refractivity contribution is -0.167. The van der Waals surface area contributed by atoms with Crippen molar-refractivity contribution in [2.45, 2.75) is 51.0 Å². The molecule has 9 nitrogen and oxygen atoms in total. The van der Waals surface area contributed by atoms with E-state index in [4.69, 9.17) is 9.62 Å². The van der Waals surface area contributed by atoms with Crippen molar-refractivity contribution in [3.8, 4) is 11.5 Å². The number of rotatable bonds is 7. The molecule has 1 aliphatic rings. The molecule has 10 heteroatoms. The number of halogens is 1. The Kier molecular flexibility index (Phi) is 7.01. The zero-order valence-electron chi connectivity index (χ0n) is 17.5. The Bertz CT molecular complexity index is 909. The van der Waals surface area contributed by atoms with E-state index in [0.29, 0.717) is 43.8 Å². The molecule has 2 amide bonds. The van der Waals surface area contributed by atoms with E-state index in [9.17, 15) is 19.1 Å². The van der Waals surface area contributed by atoms with Gasteiger partial charge in [-0.25, -0.2) is 9.87 Å². The summed E-state index contributed by atoms with van der Waals surface area (Å²) >= 11 is 0. The van der Waals surface area contributed by atoms with Gasteiger partial charge in [0.15, 0.2) is 0 Å². The highest BCUT2D eigenvalue weighted by atomic mass is 19.1. The minimum Gasteiger partial charge on any atom is -0.420 e. The lowest BCUT2D eigenvalue weighted by Crippen LogP contribution is -2.59. The predicted octanol–water partition coefficient (Wildman–Crippen LogP) is 2.25. The lowest BCUT2D eigenvalue weighted by atomic mass is 9.89. The molecule has 168 valence electrons. The van der Waals surface area contributed by atoms with Crippen LogP contribution in [0.2, 0.25) is 0 Å². The van der Waals surface area contributed by atoms with E-state index >= 15 is 0 Å². The summed E-state index contributed by atoms with van der Waals surface area (Å²) in [6, 6.07) is 5.73. The maximum atomic E-state index is 13.1. The highest BCUT2D eigenvalue weighted by Gasteiger charge is 2.47. The van der Waals surface area contributed by atoms with Gasteiger partial charge in [0.2, 0.25) is 17.4 Å². The second-order valence-electron chi connectivity index (χ2n) is 8.25. The van der Waals surface area contributed by atoms with Crippen molar-refractivity contribution in [3.63, 3.8) is 0 Å². The number of aliphatic hydroxyl groups is 1. The van der Waals surface area contributed by atoms with Crippen LogP contribution in [0.1, 0.15) is 51.3 Å². The van der Waals surface area contributed by atoms with E-state index in [1.807, 2.05) is 13.8 Å². The summed E-state index contributed by atoms with van der Waals surface area (Å²) in [6.07, 6.45) is 1.39. The van der Waals surface area contributed by atoms with Crippen molar-refractivity contribution in [2.75, 3.05) is 13.1 Å². The number of nitrogens with zero attached hydrogens (tertiary/aromatic N) is 3. The van der Waals surface area contributed by atoms with Crippen LogP contribution >= 0.6 is 0 Å². The molecule has 0 aliphatic carbocycles. The molecule has 0 radical (unpaired) electrons. The number of carbonyl (C=O) groups is 2. The van der Waals surface area contributed by atoms with Crippen LogP contribution < -0.4 is 5.48 Å². The molecular weight excluding hydrogens is 407 g/mol. The van der Waals surface area contributed by atoms with Gasteiger partial charge in [-0.2, -0.15) is 0 Å². The number of aromatic nitrogens is 2. The van der Waals surface area contributed by atoms with Gasteiger partial charge in [0, 0.05) is 24.6 Å². The topological polar surface area (TPSA) is 129 Å². The van der Waals surface area contributed by atoms with Crippen molar-refractivity contribution < 1.29 is 28.7 Å². The van der Waals surface area contributed by atoms with Gasteiger partial charge >= 0.3 is 0 Å². The quantitative estimate of drug-likeness (QED) is 0.346. The molecule has 1 aliphatic heterocycles. The summed E-state index contributed by atoms with van der Waals surface area (Å²) in [5, 5.41) is 27.9. The second-order valence-corrected chi connectivity index (χ2v) is 8.25. The maximum Gasteiger partial charge on any atom is 0.285 e. The first-order valence-corrected chi connectivity index (χ1v) is 10.3. The van der Waals surface area contributed by atoms with Gasteiger partial charge in [0.25, 0.3) is 11.8 Å². The number of benzene rings is 1. The van der Waals surface area contributed by atoms with E-state index in [0.717, 1.165) is 0 Å². The molecule has 0 saturated carbocycles. The third-order valence-electron chi connectivity index (χ3n) is 5.58. The molecule has 1 saturated heterocycles. The molecule has 2 aromatic rings. The lowest BCUT2D eigenvalue weighted by Gasteiger charge is -2.36. The first-order chi connectivity index (χ1) is 14.7. The van der Waals surface area contributed by atoms with Crippen molar-refractivity contribution in [3.05, 3.63) is 36.0 Å². The second kappa shape index (κ2) is 9.52. The summed E-state index contributed by atoms with van der Waals surface area (Å²) in [5.74, 6) is -1.41. The Labute approximate surface area is 179 Å². The standard InChI is InChI=1S/C21H27FN4O5/c1-13(2)7-10-21(29,19(27)25-30)20(28)26-11-8-15(9-12-26)18-24-23-17(31-18)14-3-5-16(22)6-4-14/h3-6,13,15,29-30H,7-12H2,1-2H3,(H,25,27). The molecule has 1 aromatic heterocycles. The molecule has 3 N–H and O–H groups in total. The van der Waals surface area contributed by atoms with E-state index in [2.05, 4.69) is 10.2 Å². The van der Waals surface area contributed by atoms with Crippen LogP contribution in [0, 0.1) is 11.7 Å². The molecule has 0 bridgehead atoms. The average molecular weight is 434 g/mol. The Morgan fingerprint density at radius 1 is 1.26 bits per heavy atom. The van der Waals surface area contributed by atoms with Gasteiger partial charge in [-0.05, 0) is 55.9 Å². The Hall–Kier alpha value is -2.85. The highest BCUT2D eigenvalue weighted by molar-refractivity contribution is 6.07. The molecule has 31 heavy (non-hydrogen) atoms. The van der Waals surface area contributed by atoms with Gasteiger partial charge in [-0.15, -0.1) is 10.2 Å². The van der Waals surface area contributed by atoms with Gasteiger partial charge < -0.3 is 14.4 Å². The minimum absolute atomic E-state index is 0.0822. The van der Waals surface area contributed by atoms with Gasteiger partial charge in [-0.1, -0.05) is 13.8 Å². The number of amides is 2. The number of piperidine rings is 1. The third-order valence-corrected chi connectivity index (χ3v) is 5.58. The summed E-state index contributed by atoms with van der Waals surface area (Å²) < 4.78 is 18.8. The first-order valence-electron chi connectivity index (χ1n) is 10.3. The molecule has 0 spiro atoms. The van der Waals surface area contributed by atoms with Crippen LogP contribution in [-0.2, 0) is 9.59 Å². The number of nitrogens with one attached hydrogen (secondary N) is 1. The fraction of sp³-hybridized carbons (Fsp3) is 0.524. The van der Waals surface area contributed by atoms with Gasteiger partial charge in [0.1, 0.15) is 5.82 Å². The maximum absolute atomic E-state index is 13.1. The Balaban J connectivity index is 1.65. The van der Waals surface area contributed by atoms with Crippen molar-refractivity contribution in [1.29, 1.82) is 0 Å². The summed E-state index contributed by atoms with van der Waals surface area (Å²) in [6.45, 7) is 4.41. The zero-order chi connectivity index (χ0) is 22.6. The SMILES string of the molecule is CC(C)CCC(O)(C(=O)NO)C(=O)N1CCC(c2nnc(-c3ccc(F)cc3)o2)CC1. The first kappa shape index (κ1) is 22.8. The largest absolute Gasteiger partial charge is 0.420 e. The zero-order valence-corrected chi connectivity index (χ0v) is 17.5. The average Bonchev–Trinajstić information content (AvgIpc) is 3.27. The number of hydrogen-bond acceptors (Lipinski definition) is 7. The minimum atomic E-state index is -2.31. The van der Waals surface area contributed by atoms with Crippen molar-refractivity contribution >= 4 is 11.8 Å². The number of carbonyl (C=O) groups excluding carboxylic acids is 2.